The highest BCUT2D eigenvalue weighted by atomic mass is 16.5. The third-order valence-corrected chi connectivity index (χ3v) is 13.8. The molecule has 0 unspecified atom stereocenters. The average molecular weight is 761 g/mol. The first kappa shape index (κ1) is 51.9. The maximum absolute atomic E-state index is 8.88. The molecule has 1 saturated carbocycles. The van der Waals surface area contributed by atoms with Crippen LogP contribution in [0.15, 0.2) is 0 Å². The van der Waals surface area contributed by atoms with Gasteiger partial charge in [0.25, 0.3) is 0 Å². The Bertz CT molecular complexity index is 706. The van der Waals surface area contributed by atoms with E-state index in [9.17, 15) is 0 Å². The number of hydrogen-bond donors (Lipinski definition) is 1. The lowest BCUT2D eigenvalue weighted by Crippen LogP contribution is -2.20. The van der Waals surface area contributed by atoms with E-state index < -0.39 is 0 Å². The number of aliphatic hydroxyl groups is 1. The second-order valence-electron chi connectivity index (χ2n) is 19.0. The summed E-state index contributed by atoms with van der Waals surface area (Å²) in [5.41, 5.74) is 0. The first-order chi connectivity index (χ1) is 26.6. The lowest BCUT2D eigenvalue weighted by atomic mass is 9.93. The molecule has 0 heterocycles. The summed E-state index contributed by atoms with van der Waals surface area (Å²) in [6.07, 6.45) is 60.4. The minimum atomic E-state index is 0.373. The molecule has 1 rings (SSSR count). The molecule has 0 aliphatic heterocycles. The van der Waals surface area contributed by atoms with E-state index in [1.807, 2.05) is 7.11 Å². The third-order valence-electron chi connectivity index (χ3n) is 13.8. The van der Waals surface area contributed by atoms with Crippen molar-refractivity contribution in [3.05, 3.63) is 0 Å². The fourth-order valence-electron chi connectivity index (χ4n) is 9.68. The molecule has 0 bridgehead atoms. The molecule has 0 spiro atoms. The van der Waals surface area contributed by atoms with Gasteiger partial charge in [0.2, 0.25) is 0 Å². The van der Waals surface area contributed by atoms with Crippen molar-refractivity contribution in [2.24, 2.45) is 23.7 Å². The summed E-state index contributed by atoms with van der Waals surface area (Å²) in [6, 6.07) is 0. The molecule has 0 radical (unpaired) electrons. The van der Waals surface area contributed by atoms with Crippen molar-refractivity contribution >= 4 is 0 Å². The highest BCUT2D eigenvalue weighted by Crippen LogP contribution is 2.48. The maximum Gasteiger partial charge on any atom is 0.0596 e. The molecule has 0 saturated heterocycles. The minimum Gasteiger partial charge on any atom is -0.396 e. The van der Waals surface area contributed by atoms with Crippen LogP contribution in [0.3, 0.4) is 0 Å². The van der Waals surface area contributed by atoms with Gasteiger partial charge in [0.05, 0.1) is 6.10 Å². The van der Waals surface area contributed by atoms with Crippen LogP contribution in [-0.2, 0) is 4.74 Å². The van der Waals surface area contributed by atoms with Gasteiger partial charge in [-0.05, 0) is 49.4 Å². The Morgan fingerprint density at radius 3 is 1.15 bits per heavy atom. The van der Waals surface area contributed by atoms with Gasteiger partial charge in [-0.2, -0.15) is 0 Å². The summed E-state index contributed by atoms with van der Waals surface area (Å²) in [7, 11) is 1.95. The van der Waals surface area contributed by atoms with Gasteiger partial charge in [-0.1, -0.05) is 265 Å². The molecule has 5 atom stereocenters. The first-order valence-electron chi connectivity index (χ1n) is 25.8. The number of unbranched alkanes of at least 4 members (excludes halogenated alkanes) is 34. The van der Waals surface area contributed by atoms with Crippen LogP contribution >= 0.6 is 0 Å². The van der Waals surface area contributed by atoms with E-state index in [2.05, 4.69) is 20.8 Å². The van der Waals surface area contributed by atoms with Gasteiger partial charge in [-0.15, -0.1) is 0 Å². The van der Waals surface area contributed by atoms with E-state index in [0.717, 1.165) is 30.1 Å². The SMILES string of the molecule is CCCCCCCCCCCCCCCCCC[C@H](C)[C@H](CCCCCCCCCCCCCCCC[C@H](C)[C@H]1C[C@@H]1CCCCCCCCCO)OC. The summed E-state index contributed by atoms with van der Waals surface area (Å²) < 4.78 is 5.96. The van der Waals surface area contributed by atoms with Gasteiger partial charge in [0, 0.05) is 13.7 Å². The molecule has 324 valence electrons. The Balaban J connectivity index is 1.78. The summed E-state index contributed by atoms with van der Waals surface area (Å²) in [5.74, 6) is 3.83. The highest BCUT2D eigenvalue weighted by Gasteiger charge is 2.39. The second kappa shape index (κ2) is 41.1. The average Bonchev–Trinajstić information content (AvgIpc) is 3.96. The summed E-state index contributed by atoms with van der Waals surface area (Å²) in [4.78, 5) is 0. The molecule has 0 aromatic heterocycles. The molecule has 0 aromatic carbocycles. The number of ether oxygens (including phenoxy) is 1. The zero-order valence-electron chi connectivity index (χ0n) is 38.1. The van der Waals surface area contributed by atoms with Crippen LogP contribution in [-0.4, -0.2) is 24.9 Å². The van der Waals surface area contributed by atoms with Crippen molar-refractivity contribution in [1.29, 1.82) is 0 Å². The lowest BCUT2D eigenvalue weighted by Gasteiger charge is -2.22. The number of hydrogen-bond acceptors (Lipinski definition) is 2. The maximum atomic E-state index is 8.88. The van der Waals surface area contributed by atoms with Crippen LogP contribution in [0.5, 0.6) is 0 Å². The largest absolute Gasteiger partial charge is 0.396 e. The molecule has 54 heavy (non-hydrogen) atoms. The van der Waals surface area contributed by atoms with E-state index in [0.29, 0.717) is 12.7 Å². The van der Waals surface area contributed by atoms with Gasteiger partial charge in [0.1, 0.15) is 0 Å². The summed E-state index contributed by atoms with van der Waals surface area (Å²) >= 11 is 0. The summed E-state index contributed by atoms with van der Waals surface area (Å²) in [5, 5.41) is 8.88. The van der Waals surface area contributed by atoms with Gasteiger partial charge in [0.15, 0.2) is 0 Å². The van der Waals surface area contributed by atoms with Crippen molar-refractivity contribution in [1.82, 2.24) is 0 Å². The topological polar surface area (TPSA) is 29.5 Å². The number of aliphatic hydroxyl groups excluding tert-OH is 1. The molecule has 2 nitrogen and oxygen atoms in total. The standard InChI is InChI=1S/C52H104O2/c1-5-6-7-8-9-10-11-12-13-14-18-21-24-28-33-38-43-49(3)52(54-4)45-40-35-30-25-22-19-16-15-17-20-23-27-32-37-42-48(2)51-47-50(51)44-39-34-29-26-31-36-41-46-53/h48-53H,5-47H2,1-4H3/t48-,49-,50-,51+,52-/m0/s1. The molecule has 1 aliphatic rings. The van der Waals surface area contributed by atoms with Crippen LogP contribution in [0.4, 0.5) is 0 Å². The molecular weight excluding hydrogens is 657 g/mol. The van der Waals surface area contributed by atoms with E-state index in [1.165, 1.54) is 263 Å². The first-order valence-corrected chi connectivity index (χ1v) is 25.8. The Labute approximate surface area is 342 Å². The zero-order valence-corrected chi connectivity index (χ0v) is 38.1. The fourth-order valence-corrected chi connectivity index (χ4v) is 9.68. The third kappa shape index (κ3) is 34.0. The second-order valence-corrected chi connectivity index (χ2v) is 19.0. The molecule has 1 fully saturated rings. The smallest absolute Gasteiger partial charge is 0.0596 e. The highest BCUT2D eigenvalue weighted by molar-refractivity contribution is 4.89. The van der Waals surface area contributed by atoms with E-state index in [-0.39, 0.29) is 0 Å². The van der Waals surface area contributed by atoms with Crippen molar-refractivity contribution in [2.45, 2.75) is 297 Å². The molecule has 0 aromatic rings. The van der Waals surface area contributed by atoms with Crippen molar-refractivity contribution in [3.8, 4) is 0 Å². The number of methoxy groups -OCH3 is 1. The Hall–Kier alpha value is -0.0800. The predicted molar refractivity (Wildman–Crippen MR) is 243 cm³/mol. The number of rotatable bonds is 46. The fraction of sp³-hybridized carbons (Fsp3) is 1.00. The van der Waals surface area contributed by atoms with Crippen molar-refractivity contribution in [2.75, 3.05) is 13.7 Å². The van der Waals surface area contributed by atoms with Gasteiger partial charge >= 0.3 is 0 Å². The van der Waals surface area contributed by atoms with E-state index in [4.69, 9.17) is 9.84 Å². The van der Waals surface area contributed by atoms with Crippen LogP contribution in [0.1, 0.15) is 290 Å². The molecule has 0 amide bonds. The lowest BCUT2D eigenvalue weighted by molar-refractivity contribution is 0.0456. The molecule has 1 aliphatic carbocycles. The minimum absolute atomic E-state index is 0.373. The predicted octanol–water partition coefficient (Wildman–Crippen LogP) is 17.9. The van der Waals surface area contributed by atoms with Crippen LogP contribution in [0.2, 0.25) is 0 Å². The van der Waals surface area contributed by atoms with Crippen LogP contribution < -0.4 is 0 Å². The van der Waals surface area contributed by atoms with Gasteiger partial charge in [-0.3, -0.25) is 0 Å². The van der Waals surface area contributed by atoms with E-state index >= 15 is 0 Å². The van der Waals surface area contributed by atoms with Gasteiger partial charge < -0.3 is 9.84 Å². The van der Waals surface area contributed by atoms with Crippen molar-refractivity contribution in [3.63, 3.8) is 0 Å². The van der Waals surface area contributed by atoms with Crippen LogP contribution in [0.25, 0.3) is 0 Å². The summed E-state index contributed by atoms with van der Waals surface area (Å²) in [6.45, 7) is 7.67. The zero-order chi connectivity index (χ0) is 39.0. The monoisotopic (exact) mass is 761 g/mol. The Kier molecular flexibility index (Phi) is 39.5. The quantitative estimate of drug-likeness (QED) is 0.0626. The van der Waals surface area contributed by atoms with E-state index in [1.54, 1.807) is 0 Å². The van der Waals surface area contributed by atoms with Crippen molar-refractivity contribution < 1.29 is 9.84 Å². The molecule has 2 heteroatoms. The van der Waals surface area contributed by atoms with Crippen LogP contribution in [0, 0.1) is 23.7 Å². The normalized spacial score (nSPS) is 17.3. The molecule has 1 N–H and O–H groups in total. The molecular formula is C52H104O2. The Morgan fingerprint density at radius 1 is 0.426 bits per heavy atom. The van der Waals surface area contributed by atoms with Gasteiger partial charge in [-0.25, -0.2) is 0 Å². The Morgan fingerprint density at radius 2 is 0.759 bits per heavy atom.